The molecule has 0 bridgehead atoms. The third-order valence-corrected chi connectivity index (χ3v) is 4.65. The number of ether oxygens (including phenoxy) is 1. The van der Waals surface area contributed by atoms with E-state index in [1.165, 1.54) is 36.8 Å². The van der Waals surface area contributed by atoms with Crippen LogP contribution < -0.4 is 10.1 Å². The fraction of sp³-hybridized carbons (Fsp3) is 0.526. The lowest BCUT2D eigenvalue weighted by molar-refractivity contribution is 0.164. The first-order valence-corrected chi connectivity index (χ1v) is 8.64. The molecule has 23 heavy (non-hydrogen) atoms. The Balaban J connectivity index is 1.39. The van der Waals surface area contributed by atoms with E-state index < -0.39 is 0 Å². The van der Waals surface area contributed by atoms with Crippen LogP contribution in [0.25, 0.3) is 0 Å². The van der Waals surface area contributed by atoms with E-state index in [-0.39, 0.29) is 12.1 Å². The summed E-state index contributed by atoms with van der Waals surface area (Å²) in [4.78, 5) is 13.9. The molecular weight excluding hydrogens is 288 g/mol. The fourth-order valence-electron chi connectivity index (χ4n) is 3.34. The Labute approximate surface area is 138 Å². The summed E-state index contributed by atoms with van der Waals surface area (Å²) in [6.07, 6.45) is 9.24. The van der Waals surface area contributed by atoms with Gasteiger partial charge >= 0.3 is 6.03 Å². The van der Waals surface area contributed by atoms with Gasteiger partial charge in [0, 0.05) is 20.0 Å². The molecule has 4 heteroatoms. The smallest absolute Gasteiger partial charge is 0.317 e. The second kappa shape index (κ2) is 7.53. The molecule has 1 aromatic carbocycles. The molecule has 2 aliphatic rings. The standard InChI is InChI=1S/C19H26N2O2/c1-21(14-17-13-16-9-5-6-10-18(16)23-17)19(22)20-12-11-15-7-3-2-4-8-15/h5-7,9-10,17H,2-4,8,11-14H2,1H3,(H,20,22). The van der Waals surface area contributed by atoms with Gasteiger partial charge in [0.05, 0.1) is 6.54 Å². The van der Waals surface area contributed by atoms with E-state index in [4.69, 9.17) is 4.74 Å². The van der Waals surface area contributed by atoms with Crippen molar-refractivity contribution < 1.29 is 9.53 Å². The molecule has 1 heterocycles. The molecule has 2 amide bonds. The monoisotopic (exact) mass is 314 g/mol. The zero-order valence-electron chi connectivity index (χ0n) is 13.9. The molecule has 1 aromatic rings. The molecule has 0 radical (unpaired) electrons. The van der Waals surface area contributed by atoms with Crippen molar-refractivity contribution in [2.45, 2.75) is 44.6 Å². The van der Waals surface area contributed by atoms with Crippen LogP contribution in [0.3, 0.4) is 0 Å². The normalized spacial score (nSPS) is 19.5. The molecule has 3 rings (SSSR count). The number of amides is 2. The molecule has 124 valence electrons. The maximum Gasteiger partial charge on any atom is 0.317 e. The van der Waals surface area contributed by atoms with Crippen LogP contribution in [0.15, 0.2) is 35.9 Å². The average Bonchev–Trinajstić information content (AvgIpc) is 2.98. The number of nitrogens with zero attached hydrogens (tertiary/aromatic N) is 1. The number of likely N-dealkylation sites (N-methyl/N-ethyl adjacent to an activating group) is 1. The Morgan fingerprint density at radius 2 is 2.22 bits per heavy atom. The summed E-state index contributed by atoms with van der Waals surface area (Å²) in [5, 5.41) is 3.02. The summed E-state index contributed by atoms with van der Waals surface area (Å²) < 4.78 is 5.90. The highest BCUT2D eigenvalue weighted by molar-refractivity contribution is 5.73. The molecule has 1 atom stereocenters. The van der Waals surface area contributed by atoms with E-state index in [1.807, 2.05) is 25.2 Å². The first-order valence-electron chi connectivity index (χ1n) is 8.64. The summed E-state index contributed by atoms with van der Waals surface area (Å²) in [7, 11) is 1.83. The van der Waals surface area contributed by atoms with Crippen LogP contribution in [0.1, 0.15) is 37.7 Å². The summed E-state index contributed by atoms with van der Waals surface area (Å²) >= 11 is 0. The lowest BCUT2D eigenvalue weighted by atomic mass is 9.97. The zero-order chi connectivity index (χ0) is 16.1. The highest BCUT2D eigenvalue weighted by Gasteiger charge is 2.24. The SMILES string of the molecule is CN(CC1Cc2ccccc2O1)C(=O)NCCC1=CCCCC1. The number of para-hydroxylation sites is 1. The first kappa shape index (κ1) is 15.9. The maximum atomic E-state index is 12.2. The molecular formula is C19H26N2O2. The van der Waals surface area contributed by atoms with Gasteiger partial charge in [-0.05, 0) is 43.7 Å². The number of rotatable bonds is 5. The summed E-state index contributed by atoms with van der Waals surface area (Å²) in [5.74, 6) is 0.954. The molecule has 1 aliphatic heterocycles. The Hall–Kier alpha value is -1.97. The summed E-state index contributed by atoms with van der Waals surface area (Å²) in [6.45, 7) is 1.34. The number of benzene rings is 1. The number of fused-ring (bicyclic) bond motifs is 1. The van der Waals surface area contributed by atoms with E-state index in [0.717, 1.165) is 25.1 Å². The van der Waals surface area contributed by atoms with Gasteiger partial charge in [0.1, 0.15) is 11.9 Å². The number of urea groups is 1. The van der Waals surface area contributed by atoms with Crippen LogP contribution in [0.5, 0.6) is 5.75 Å². The van der Waals surface area contributed by atoms with Crippen LogP contribution >= 0.6 is 0 Å². The Morgan fingerprint density at radius 3 is 3.00 bits per heavy atom. The summed E-state index contributed by atoms with van der Waals surface area (Å²) in [6, 6.07) is 8.08. The van der Waals surface area contributed by atoms with Gasteiger partial charge in [-0.2, -0.15) is 0 Å². The quantitative estimate of drug-likeness (QED) is 0.845. The fourth-order valence-corrected chi connectivity index (χ4v) is 3.34. The van der Waals surface area contributed by atoms with E-state index in [1.54, 1.807) is 4.90 Å². The molecule has 0 saturated heterocycles. The number of nitrogens with one attached hydrogen (secondary N) is 1. The van der Waals surface area contributed by atoms with E-state index in [0.29, 0.717) is 6.54 Å². The van der Waals surface area contributed by atoms with Gasteiger partial charge in [-0.1, -0.05) is 29.8 Å². The predicted octanol–water partition coefficient (Wildman–Crippen LogP) is 3.52. The van der Waals surface area contributed by atoms with Crippen molar-refractivity contribution in [1.82, 2.24) is 10.2 Å². The number of carbonyl (C=O) groups excluding carboxylic acids is 1. The van der Waals surface area contributed by atoms with Crippen molar-refractivity contribution in [2.24, 2.45) is 0 Å². The predicted molar refractivity (Wildman–Crippen MR) is 91.8 cm³/mol. The molecule has 0 saturated carbocycles. The number of carbonyl (C=O) groups is 1. The van der Waals surface area contributed by atoms with Crippen LogP contribution in [-0.2, 0) is 6.42 Å². The third-order valence-electron chi connectivity index (χ3n) is 4.65. The van der Waals surface area contributed by atoms with Crippen molar-refractivity contribution in [1.29, 1.82) is 0 Å². The van der Waals surface area contributed by atoms with E-state index in [9.17, 15) is 4.79 Å². The first-order chi connectivity index (χ1) is 11.2. The van der Waals surface area contributed by atoms with Crippen LogP contribution in [0.4, 0.5) is 4.79 Å². The minimum atomic E-state index is -0.0130. The molecule has 0 spiro atoms. The maximum absolute atomic E-state index is 12.2. The molecule has 0 fully saturated rings. The number of hydrogen-bond donors (Lipinski definition) is 1. The van der Waals surface area contributed by atoms with Crippen molar-refractivity contribution in [2.75, 3.05) is 20.1 Å². The van der Waals surface area contributed by atoms with Gasteiger partial charge < -0.3 is 15.0 Å². The minimum Gasteiger partial charge on any atom is -0.488 e. The minimum absolute atomic E-state index is 0.0130. The number of allylic oxidation sites excluding steroid dienone is 1. The molecule has 1 aliphatic carbocycles. The highest BCUT2D eigenvalue weighted by Crippen LogP contribution is 2.28. The van der Waals surface area contributed by atoms with Crippen molar-refractivity contribution in [3.05, 3.63) is 41.5 Å². The van der Waals surface area contributed by atoms with Gasteiger partial charge in [-0.25, -0.2) is 4.79 Å². The van der Waals surface area contributed by atoms with Crippen LogP contribution in [-0.4, -0.2) is 37.2 Å². The van der Waals surface area contributed by atoms with Crippen LogP contribution in [0.2, 0.25) is 0 Å². The number of hydrogen-bond acceptors (Lipinski definition) is 2. The molecule has 4 nitrogen and oxygen atoms in total. The van der Waals surface area contributed by atoms with Gasteiger partial charge in [0.2, 0.25) is 0 Å². The summed E-state index contributed by atoms with van der Waals surface area (Å²) in [5.41, 5.74) is 2.73. The molecule has 1 N–H and O–H groups in total. The Bertz CT molecular complexity index is 557. The Morgan fingerprint density at radius 1 is 1.35 bits per heavy atom. The topological polar surface area (TPSA) is 41.6 Å². The lowest BCUT2D eigenvalue weighted by Crippen LogP contribution is -2.42. The average molecular weight is 314 g/mol. The van der Waals surface area contributed by atoms with Gasteiger partial charge in [0.15, 0.2) is 0 Å². The molecule has 0 aromatic heterocycles. The van der Waals surface area contributed by atoms with Crippen molar-refractivity contribution in [3.63, 3.8) is 0 Å². The van der Waals surface area contributed by atoms with E-state index >= 15 is 0 Å². The van der Waals surface area contributed by atoms with Gasteiger partial charge in [-0.15, -0.1) is 0 Å². The molecule has 1 unspecified atom stereocenters. The van der Waals surface area contributed by atoms with E-state index in [2.05, 4.69) is 17.5 Å². The van der Waals surface area contributed by atoms with Gasteiger partial charge in [0.25, 0.3) is 0 Å². The largest absolute Gasteiger partial charge is 0.488 e. The lowest BCUT2D eigenvalue weighted by Gasteiger charge is -2.22. The zero-order valence-corrected chi connectivity index (χ0v) is 13.9. The Kier molecular flexibility index (Phi) is 5.21. The highest BCUT2D eigenvalue weighted by atomic mass is 16.5. The second-order valence-corrected chi connectivity index (χ2v) is 6.52. The van der Waals surface area contributed by atoms with Crippen molar-refractivity contribution >= 4 is 6.03 Å². The van der Waals surface area contributed by atoms with Crippen molar-refractivity contribution in [3.8, 4) is 5.75 Å². The van der Waals surface area contributed by atoms with Crippen LogP contribution in [0, 0.1) is 0 Å². The second-order valence-electron chi connectivity index (χ2n) is 6.52. The van der Waals surface area contributed by atoms with Gasteiger partial charge in [-0.3, -0.25) is 0 Å². The third kappa shape index (κ3) is 4.27.